The first-order valence-electron chi connectivity index (χ1n) is 11.6. The fraction of sp³-hybridized carbons (Fsp3) is 0.231. The Morgan fingerprint density at radius 2 is 1.92 bits per heavy atom. The summed E-state index contributed by atoms with van der Waals surface area (Å²) >= 11 is 6.70. The van der Waals surface area contributed by atoms with Gasteiger partial charge in [0.2, 0.25) is 11.9 Å². The minimum absolute atomic E-state index is 0.238. The maximum atomic E-state index is 12.2. The van der Waals surface area contributed by atoms with Crippen LogP contribution in [0, 0.1) is 11.3 Å². The largest absolute Gasteiger partial charge is 0.368 e. The number of carbonyl (C=O) groups is 1. The predicted octanol–water partition coefficient (Wildman–Crippen LogP) is 4.76. The molecule has 10 heteroatoms. The van der Waals surface area contributed by atoms with E-state index in [2.05, 4.69) is 55.3 Å². The lowest BCUT2D eigenvalue weighted by molar-refractivity contribution is -0.111. The van der Waals surface area contributed by atoms with Crippen molar-refractivity contribution in [3.05, 3.63) is 71.9 Å². The zero-order chi connectivity index (χ0) is 25.5. The predicted molar refractivity (Wildman–Crippen MR) is 144 cm³/mol. The van der Waals surface area contributed by atoms with Gasteiger partial charge in [-0.05, 0) is 36.9 Å². The molecule has 1 fully saturated rings. The number of nitriles is 1. The van der Waals surface area contributed by atoms with Gasteiger partial charge in [0.15, 0.2) is 5.82 Å². The number of aromatic nitrogens is 2. The molecule has 0 spiro atoms. The van der Waals surface area contributed by atoms with Crippen molar-refractivity contribution in [2.45, 2.75) is 6.92 Å². The number of benzene rings is 2. The maximum absolute atomic E-state index is 12.2. The third-order valence-corrected chi connectivity index (χ3v) is 6.19. The number of halogens is 1. The van der Waals surface area contributed by atoms with Gasteiger partial charge in [0.25, 0.3) is 0 Å². The van der Waals surface area contributed by atoms with Crippen LogP contribution in [0.5, 0.6) is 0 Å². The highest BCUT2D eigenvalue weighted by Crippen LogP contribution is 2.37. The highest BCUT2D eigenvalue weighted by molar-refractivity contribution is 6.34. The minimum atomic E-state index is -0.352. The summed E-state index contributed by atoms with van der Waals surface area (Å²) in [4.78, 5) is 25.5. The first-order chi connectivity index (χ1) is 17.5. The molecule has 1 aliphatic rings. The molecule has 1 saturated heterocycles. The second-order valence-electron chi connectivity index (χ2n) is 8.15. The van der Waals surface area contributed by atoms with Gasteiger partial charge in [0.1, 0.15) is 11.6 Å². The zero-order valence-electron chi connectivity index (χ0n) is 20.0. The average Bonchev–Trinajstić information content (AvgIpc) is 2.91. The molecule has 0 radical (unpaired) electrons. The normalized spacial score (nSPS) is 13.5. The van der Waals surface area contributed by atoms with E-state index in [0.29, 0.717) is 27.8 Å². The van der Waals surface area contributed by atoms with Crippen molar-refractivity contribution in [2.75, 3.05) is 53.6 Å². The molecule has 1 amide bonds. The van der Waals surface area contributed by atoms with Crippen molar-refractivity contribution in [1.29, 1.82) is 5.26 Å². The molecule has 0 atom stereocenters. The zero-order valence-corrected chi connectivity index (χ0v) is 20.7. The lowest BCUT2D eigenvalue weighted by atomic mass is 10.2. The second kappa shape index (κ2) is 11.5. The summed E-state index contributed by atoms with van der Waals surface area (Å²) in [6.45, 7) is 10.3. The van der Waals surface area contributed by atoms with E-state index in [4.69, 9.17) is 11.6 Å². The molecule has 3 aromatic rings. The van der Waals surface area contributed by atoms with E-state index in [1.165, 1.54) is 12.3 Å². The van der Waals surface area contributed by atoms with E-state index in [1.54, 1.807) is 6.07 Å². The molecule has 0 aliphatic carbocycles. The molecule has 0 unspecified atom stereocenters. The number of anilines is 6. The van der Waals surface area contributed by atoms with E-state index < -0.39 is 0 Å². The van der Waals surface area contributed by atoms with Crippen molar-refractivity contribution in [2.24, 2.45) is 0 Å². The third-order valence-electron chi connectivity index (χ3n) is 5.88. The molecular formula is C26H27ClN8O. The number of rotatable bonds is 8. The van der Waals surface area contributed by atoms with Crippen LogP contribution in [-0.2, 0) is 4.79 Å². The van der Waals surface area contributed by atoms with Crippen molar-refractivity contribution in [1.82, 2.24) is 14.9 Å². The van der Waals surface area contributed by atoms with Crippen LogP contribution in [0.4, 0.5) is 34.5 Å². The standard InChI is InChI=1S/C26H27ClN8O/c1-3-24(36)31-22-15-23(35-12-10-34(4-2)11-13-35)20(27)14-21(22)32-26-29-17-18(16-28)25(33-26)30-19-8-6-5-7-9-19/h3,5-9,14-15,17H,1,4,10-13H2,2H3,(H,31,36)(H2,29,30,32,33). The molecule has 2 heterocycles. The van der Waals surface area contributed by atoms with Gasteiger partial charge in [0, 0.05) is 31.9 Å². The molecule has 4 rings (SSSR count). The summed E-state index contributed by atoms with van der Waals surface area (Å²) in [5.41, 5.74) is 2.95. The van der Waals surface area contributed by atoms with Crippen molar-refractivity contribution in [3.63, 3.8) is 0 Å². The minimum Gasteiger partial charge on any atom is -0.368 e. The van der Waals surface area contributed by atoms with Crippen LogP contribution in [0.25, 0.3) is 0 Å². The summed E-state index contributed by atoms with van der Waals surface area (Å²) < 4.78 is 0. The fourth-order valence-electron chi connectivity index (χ4n) is 3.90. The molecule has 36 heavy (non-hydrogen) atoms. The van der Waals surface area contributed by atoms with E-state index in [9.17, 15) is 10.1 Å². The number of nitrogens with zero attached hydrogens (tertiary/aromatic N) is 5. The smallest absolute Gasteiger partial charge is 0.247 e. The van der Waals surface area contributed by atoms with Gasteiger partial charge in [-0.3, -0.25) is 4.79 Å². The molecule has 0 bridgehead atoms. The van der Waals surface area contributed by atoms with Gasteiger partial charge >= 0.3 is 0 Å². The Morgan fingerprint density at radius 1 is 1.17 bits per heavy atom. The molecule has 3 N–H and O–H groups in total. The highest BCUT2D eigenvalue weighted by atomic mass is 35.5. The van der Waals surface area contributed by atoms with Crippen LogP contribution in [0.1, 0.15) is 12.5 Å². The van der Waals surface area contributed by atoms with Gasteiger partial charge in [-0.15, -0.1) is 0 Å². The lowest BCUT2D eigenvalue weighted by Gasteiger charge is -2.36. The number of hydrogen-bond acceptors (Lipinski definition) is 8. The SMILES string of the molecule is C=CC(=O)Nc1cc(N2CCN(CC)CC2)c(Cl)cc1Nc1ncc(C#N)c(Nc2ccccc2)n1. The van der Waals surface area contributed by atoms with Crippen LogP contribution >= 0.6 is 11.6 Å². The Labute approximate surface area is 215 Å². The Kier molecular flexibility index (Phi) is 8.00. The molecule has 1 aliphatic heterocycles. The number of carbonyl (C=O) groups excluding carboxylic acids is 1. The second-order valence-corrected chi connectivity index (χ2v) is 8.55. The van der Waals surface area contributed by atoms with Crippen LogP contribution < -0.4 is 20.9 Å². The highest BCUT2D eigenvalue weighted by Gasteiger charge is 2.21. The number of nitrogens with one attached hydrogen (secondary N) is 3. The summed E-state index contributed by atoms with van der Waals surface area (Å²) in [7, 11) is 0. The maximum Gasteiger partial charge on any atom is 0.247 e. The number of piperazine rings is 1. The van der Waals surface area contributed by atoms with Gasteiger partial charge in [-0.1, -0.05) is 43.3 Å². The van der Waals surface area contributed by atoms with E-state index in [1.807, 2.05) is 36.4 Å². The summed E-state index contributed by atoms with van der Waals surface area (Å²) in [6.07, 6.45) is 2.64. The van der Waals surface area contributed by atoms with Crippen molar-refractivity contribution < 1.29 is 4.79 Å². The van der Waals surface area contributed by atoms with E-state index in [-0.39, 0.29) is 11.9 Å². The molecule has 184 valence electrons. The van der Waals surface area contributed by atoms with E-state index >= 15 is 0 Å². The first-order valence-corrected chi connectivity index (χ1v) is 12.0. The number of para-hydroxylation sites is 1. The van der Waals surface area contributed by atoms with Gasteiger partial charge in [-0.2, -0.15) is 10.2 Å². The summed E-state index contributed by atoms with van der Waals surface area (Å²) in [6, 6.07) is 15.1. The third kappa shape index (κ3) is 5.92. The van der Waals surface area contributed by atoms with Crippen LogP contribution in [-0.4, -0.2) is 53.5 Å². The quantitative estimate of drug-likeness (QED) is 0.378. The van der Waals surface area contributed by atoms with Crippen LogP contribution in [0.15, 0.2) is 61.3 Å². The fourth-order valence-corrected chi connectivity index (χ4v) is 4.18. The Morgan fingerprint density at radius 3 is 2.58 bits per heavy atom. The topological polar surface area (TPSA) is 109 Å². The monoisotopic (exact) mass is 502 g/mol. The van der Waals surface area contributed by atoms with Crippen molar-refractivity contribution >= 4 is 52.0 Å². The Hall–Kier alpha value is -4.13. The molecule has 0 saturated carbocycles. The first kappa shape index (κ1) is 25.0. The summed E-state index contributed by atoms with van der Waals surface area (Å²) in [5.74, 6) is 0.241. The number of likely N-dealkylation sites (N-methyl/N-ethyl adjacent to an activating group) is 1. The molecule has 2 aromatic carbocycles. The Bertz CT molecular complexity index is 1280. The van der Waals surface area contributed by atoms with Gasteiger partial charge in [-0.25, -0.2) is 4.98 Å². The van der Waals surface area contributed by atoms with Gasteiger partial charge in [0.05, 0.1) is 28.3 Å². The Balaban J connectivity index is 1.64. The number of amides is 1. The average molecular weight is 503 g/mol. The molecular weight excluding hydrogens is 476 g/mol. The molecule has 1 aromatic heterocycles. The van der Waals surface area contributed by atoms with Crippen molar-refractivity contribution in [3.8, 4) is 6.07 Å². The van der Waals surface area contributed by atoms with Crippen LogP contribution in [0.2, 0.25) is 5.02 Å². The van der Waals surface area contributed by atoms with Gasteiger partial charge < -0.3 is 25.8 Å². The number of hydrogen-bond donors (Lipinski definition) is 3. The lowest BCUT2D eigenvalue weighted by Crippen LogP contribution is -2.46. The molecule has 9 nitrogen and oxygen atoms in total. The van der Waals surface area contributed by atoms with E-state index in [0.717, 1.165) is 44.1 Å². The summed E-state index contributed by atoms with van der Waals surface area (Å²) in [5, 5.41) is 19.2. The van der Waals surface area contributed by atoms with Crippen LogP contribution in [0.3, 0.4) is 0 Å².